The predicted octanol–water partition coefficient (Wildman–Crippen LogP) is 3.90. The van der Waals surface area contributed by atoms with E-state index in [1.165, 1.54) is 12.1 Å². The number of aromatic nitrogens is 1. The number of hydrogen-bond acceptors (Lipinski definition) is 5. The normalized spacial score (nSPS) is 11.8. The molecule has 0 fully saturated rings. The third-order valence-corrected chi connectivity index (χ3v) is 2.08. The van der Waals surface area contributed by atoms with Crippen LogP contribution in [0.15, 0.2) is 18.2 Å². The van der Waals surface area contributed by atoms with E-state index in [0.29, 0.717) is 4.90 Å². The Hall–Kier alpha value is -2.18. The Balaban J connectivity index is 3.15. The average molecular weight is 312 g/mol. The summed E-state index contributed by atoms with van der Waals surface area (Å²) in [7, 11) is 0. The first-order valence-electron chi connectivity index (χ1n) is 6.78. The lowest BCUT2D eigenvalue weighted by Gasteiger charge is -2.27. The van der Waals surface area contributed by atoms with Crippen molar-refractivity contribution in [2.45, 2.75) is 52.7 Å². The SMILES string of the molecule is CC(C)(C)OC(=O)N(C(=O)OC(C)(C)C)c1cccc(F)n1. The highest BCUT2D eigenvalue weighted by Gasteiger charge is 2.33. The lowest BCUT2D eigenvalue weighted by atomic mass is 10.2. The van der Waals surface area contributed by atoms with E-state index >= 15 is 0 Å². The number of amides is 2. The van der Waals surface area contributed by atoms with Gasteiger partial charge in [0.15, 0.2) is 5.82 Å². The van der Waals surface area contributed by atoms with Crippen LogP contribution in [0.2, 0.25) is 0 Å². The number of rotatable bonds is 1. The van der Waals surface area contributed by atoms with Crippen LogP contribution >= 0.6 is 0 Å². The second-order valence-electron chi connectivity index (χ2n) is 6.61. The summed E-state index contributed by atoms with van der Waals surface area (Å²) in [6.45, 7) is 9.90. The van der Waals surface area contributed by atoms with Crippen molar-refractivity contribution in [1.82, 2.24) is 4.98 Å². The van der Waals surface area contributed by atoms with Gasteiger partial charge in [0.2, 0.25) is 5.95 Å². The van der Waals surface area contributed by atoms with Crippen molar-refractivity contribution in [3.8, 4) is 0 Å². The molecule has 0 aliphatic rings. The molecular formula is C15H21FN2O4. The van der Waals surface area contributed by atoms with E-state index in [4.69, 9.17) is 9.47 Å². The van der Waals surface area contributed by atoms with E-state index in [1.54, 1.807) is 41.5 Å². The molecule has 0 aliphatic heterocycles. The van der Waals surface area contributed by atoms with Crippen molar-refractivity contribution in [2.75, 3.05) is 4.90 Å². The molecular weight excluding hydrogens is 291 g/mol. The second-order valence-corrected chi connectivity index (χ2v) is 6.61. The zero-order valence-electron chi connectivity index (χ0n) is 13.6. The maximum Gasteiger partial charge on any atom is 0.425 e. The van der Waals surface area contributed by atoms with Gasteiger partial charge in [-0.1, -0.05) is 6.07 Å². The molecule has 6 nitrogen and oxygen atoms in total. The number of carbonyl (C=O) groups is 2. The summed E-state index contributed by atoms with van der Waals surface area (Å²) < 4.78 is 23.6. The summed E-state index contributed by atoms with van der Waals surface area (Å²) in [4.78, 5) is 28.6. The minimum Gasteiger partial charge on any atom is -0.443 e. The molecule has 0 spiro atoms. The van der Waals surface area contributed by atoms with E-state index in [-0.39, 0.29) is 5.82 Å². The van der Waals surface area contributed by atoms with Gasteiger partial charge in [0.05, 0.1) is 0 Å². The fraction of sp³-hybridized carbons (Fsp3) is 0.533. The summed E-state index contributed by atoms with van der Waals surface area (Å²) >= 11 is 0. The maximum atomic E-state index is 13.3. The molecule has 22 heavy (non-hydrogen) atoms. The van der Waals surface area contributed by atoms with Gasteiger partial charge in [-0.05, 0) is 53.7 Å². The molecule has 7 heteroatoms. The van der Waals surface area contributed by atoms with Gasteiger partial charge in [-0.2, -0.15) is 9.29 Å². The van der Waals surface area contributed by atoms with Crippen LogP contribution in [0.1, 0.15) is 41.5 Å². The highest BCUT2D eigenvalue weighted by Crippen LogP contribution is 2.20. The number of nitrogens with zero attached hydrogens (tertiary/aromatic N) is 2. The Morgan fingerprint density at radius 2 is 1.45 bits per heavy atom. The van der Waals surface area contributed by atoms with Gasteiger partial charge in [0.25, 0.3) is 0 Å². The molecule has 0 N–H and O–H groups in total. The number of imide groups is 1. The largest absolute Gasteiger partial charge is 0.443 e. The van der Waals surface area contributed by atoms with Crippen LogP contribution in [-0.2, 0) is 9.47 Å². The predicted molar refractivity (Wildman–Crippen MR) is 79.1 cm³/mol. The highest BCUT2D eigenvalue weighted by atomic mass is 19.1. The fourth-order valence-electron chi connectivity index (χ4n) is 1.40. The summed E-state index contributed by atoms with van der Waals surface area (Å²) in [6.07, 6.45) is -1.97. The van der Waals surface area contributed by atoms with E-state index in [1.807, 2.05) is 0 Å². The lowest BCUT2D eigenvalue weighted by Crippen LogP contribution is -2.44. The molecule has 0 radical (unpaired) electrons. The van der Waals surface area contributed by atoms with Crippen molar-refractivity contribution < 1.29 is 23.5 Å². The topological polar surface area (TPSA) is 68.7 Å². The molecule has 2 amide bonds. The van der Waals surface area contributed by atoms with Crippen LogP contribution in [0.5, 0.6) is 0 Å². The summed E-state index contributed by atoms with van der Waals surface area (Å²) in [6, 6.07) is 3.75. The first-order valence-corrected chi connectivity index (χ1v) is 6.78. The van der Waals surface area contributed by atoms with Crippen LogP contribution in [0, 0.1) is 5.95 Å². The lowest BCUT2D eigenvalue weighted by molar-refractivity contribution is 0.0429. The molecule has 0 saturated heterocycles. The number of carbonyl (C=O) groups excluding carboxylic acids is 2. The first kappa shape index (κ1) is 17.9. The van der Waals surface area contributed by atoms with Crippen molar-refractivity contribution in [3.05, 3.63) is 24.1 Å². The van der Waals surface area contributed by atoms with Gasteiger partial charge in [0, 0.05) is 0 Å². The molecule has 0 saturated carbocycles. The molecule has 0 aliphatic carbocycles. The number of halogens is 1. The minimum absolute atomic E-state index is 0.205. The van der Waals surface area contributed by atoms with Gasteiger partial charge in [-0.3, -0.25) is 0 Å². The first-order chi connectivity index (χ1) is 9.89. The molecule has 0 bridgehead atoms. The van der Waals surface area contributed by atoms with Gasteiger partial charge in [0.1, 0.15) is 11.2 Å². The maximum absolute atomic E-state index is 13.3. The Morgan fingerprint density at radius 1 is 1.00 bits per heavy atom. The summed E-state index contributed by atoms with van der Waals surface area (Å²) in [5.74, 6) is -1.03. The molecule has 122 valence electrons. The average Bonchev–Trinajstić information content (AvgIpc) is 2.23. The molecule has 0 aromatic carbocycles. The van der Waals surface area contributed by atoms with Gasteiger partial charge < -0.3 is 9.47 Å². The highest BCUT2D eigenvalue weighted by molar-refractivity contribution is 6.08. The van der Waals surface area contributed by atoms with Gasteiger partial charge in [-0.25, -0.2) is 14.6 Å². The zero-order valence-corrected chi connectivity index (χ0v) is 13.6. The van der Waals surface area contributed by atoms with Gasteiger partial charge in [-0.15, -0.1) is 0 Å². The Morgan fingerprint density at radius 3 is 1.82 bits per heavy atom. The molecule has 1 aromatic heterocycles. The third-order valence-electron chi connectivity index (χ3n) is 2.08. The van der Waals surface area contributed by atoms with E-state index in [0.717, 1.165) is 6.07 Å². The number of pyridine rings is 1. The van der Waals surface area contributed by atoms with Crippen LogP contribution in [0.25, 0.3) is 0 Å². The molecule has 1 heterocycles. The van der Waals surface area contributed by atoms with Crippen LogP contribution in [0.4, 0.5) is 19.8 Å². The smallest absolute Gasteiger partial charge is 0.425 e. The van der Waals surface area contributed by atoms with Crippen LogP contribution in [-0.4, -0.2) is 28.4 Å². The summed E-state index contributed by atoms with van der Waals surface area (Å²) in [5, 5.41) is 0. The Kier molecular flexibility index (Phi) is 5.11. The van der Waals surface area contributed by atoms with Crippen molar-refractivity contribution in [1.29, 1.82) is 0 Å². The minimum atomic E-state index is -0.986. The van der Waals surface area contributed by atoms with Crippen molar-refractivity contribution in [2.24, 2.45) is 0 Å². The Labute approximate surface area is 129 Å². The molecule has 0 unspecified atom stereocenters. The Bertz CT molecular complexity index is 533. The van der Waals surface area contributed by atoms with Crippen LogP contribution < -0.4 is 4.90 Å². The van der Waals surface area contributed by atoms with Gasteiger partial charge >= 0.3 is 12.2 Å². The van der Waals surface area contributed by atoms with Crippen molar-refractivity contribution in [3.63, 3.8) is 0 Å². The number of ether oxygens (including phenoxy) is 2. The second kappa shape index (κ2) is 6.29. The van der Waals surface area contributed by atoms with E-state index in [2.05, 4.69) is 4.98 Å². The third kappa shape index (κ3) is 5.67. The number of hydrogen-bond donors (Lipinski definition) is 0. The van der Waals surface area contributed by atoms with E-state index in [9.17, 15) is 14.0 Å². The molecule has 0 atom stereocenters. The number of anilines is 1. The quantitative estimate of drug-likeness (QED) is 0.736. The zero-order chi connectivity index (χ0) is 17.1. The molecule has 1 rings (SSSR count). The molecule has 1 aromatic rings. The van der Waals surface area contributed by atoms with Crippen LogP contribution in [0.3, 0.4) is 0 Å². The standard InChI is InChI=1S/C15H21FN2O4/c1-14(2,3)21-12(19)18(13(20)22-15(4,5)6)11-9-7-8-10(16)17-11/h7-9H,1-6H3. The monoisotopic (exact) mass is 312 g/mol. The van der Waals surface area contributed by atoms with Crippen molar-refractivity contribution >= 4 is 18.0 Å². The summed E-state index contributed by atoms with van der Waals surface area (Å²) in [5.41, 5.74) is -1.66. The fourth-order valence-corrected chi connectivity index (χ4v) is 1.40. The van der Waals surface area contributed by atoms with E-state index < -0.39 is 29.3 Å².